The van der Waals surface area contributed by atoms with Gasteiger partial charge in [-0.05, 0) is 93.0 Å². The van der Waals surface area contributed by atoms with Crippen LogP contribution >= 0.6 is 0 Å². The fraction of sp³-hybridized carbons (Fsp3) is 0.868. The van der Waals surface area contributed by atoms with Crippen molar-refractivity contribution in [2.75, 3.05) is 34.4 Å². The summed E-state index contributed by atoms with van der Waals surface area (Å²) in [7, 11) is 3.18. The molecule has 0 amide bonds. The van der Waals surface area contributed by atoms with Crippen molar-refractivity contribution in [3.63, 3.8) is 0 Å². The number of rotatable bonds is 16. The first kappa shape index (κ1) is 64.4. The molecule has 0 aromatic heterocycles. The maximum Gasteiger partial charge on any atom is 0.331 e. The van der Waals surface area contributed by atoms with E-state index >= 15 is 0 Å². The minimum absolute atomic E-state index is 0.0163. The van der Waals surface area contributed by atoms with Gasteiger partial charge in [0.25, 0.3) is 0 Å². The topological polar surface area (TPSA) is 226 Å². The lowest BCUT2D eigenvalue weighted by Crippen LogP contribution is -2.62. The maximum absolute atomic E-state index is 14.9. The summed E-state index contributed by atoms with van der Waals surface area (Å²) in [6.45, 7) is 32.5. The Morgan fingerprint density at radius 2 is 1.45 bits per heavy atom. The van der Waals surface area contributed by atoms with Crippen LogP contribution in [0.2, 0.25) is 18.1 Å². The number of nitrogens with zero attached hydrogens (tertiary/aromatic N) is 2. The van der Waals surface area contributed by atoms with Crippen molar-refractivity contribution in [3.05, 3.63) is 12.2 Å². The number of hydrogen-bond donors (Lipinski definition) is 2. The monoisotopic (exact) mass is 1060 g/mol. The molecule has 3 rings (SSSR count). The Morgan fingerprint density at radius 3 is 1.99 bits per heavy atom. The highest BCUT2D eigenvalue weighted by Crippen LogP contribution is 2.43. The first-order chi connectivity index (χ1) is 33.6. The van der Waals surface area contributed by atoms with Gasteiger partial charge in [0.1, 0.15) is 17.3 Å². The fourth-order valence-corrected chi connectivity index (χ4v) is 11.3. The largest absolute Gasteiger partial charge is 0.459 e. The Labute approximate surface area is 437 Å². The molecule has 20 heteroatoms. The summed E-state index contributed by atoms with van der Waals surface area (Å²) in [5.74, 6) is -6.17. The van der Waals surface area contributed by atoms with Crippen molar-refractivity contribution in [1.29, 1.82) is 0 Å². The van der Waals surface area contributed by atoms with Crippen LogP contribution in [0, 0.1) is 23.7 Å². The van der Waals surface area contributed by atoms with Gasteiger partial charge in [-0.1, -0.05) is 65.8 Å². The lowest BCUT2D eigenvalue weighted by atomic mass is 9.73. The number of ether oxygens (including phenoxy) is 9. The smallest absolute Gasteiger partial charge is 0.331 e. The molecule has 422 valence electrons. The minimum Gasteiger partial charge on any atom is -0.459 e. The van der Waals surface area contributed by atoms with Crippen molar-refractivity contribution in [2.45, 2.75) is 239 Å². The van der Waals surface area contributed by atoms with Crippen molar-refractivity contribution in [1.82, 2.24) is 4.90 Å². The van der Waals surface area contributed by atoms with E-state index in [1.165, 1.54) is 34.8 Å². The number of likely N-dealkylation sites (N-methyl/N-ethyl adjacent to an activating group) is 1. The van der Waals surface area contributed by atoms with Crippen LogP contribution in [0.15, 0.2) is 17.3 Å². The highest BCUT2D eigenvalue weighted by molar-refractivity contribution is 6.74. The Balaban J connectivity index is 2.45. The molecular weight excluding hydrogens is 965 g/mol. The Morgan fingerprint density at radius 1 is 0.849 bits per heavy atom. The second kappa shape index (κ2) is 26.4. The normalized spacial score (nSPS) is 39.2. The van der Waals surface area contributed by atoms with E-state index in [0.717, 1.165) is 0 Å². The number of aliphatic hydroxyl groups excluding tert-OH is 1. The lowest BCUT2D eigenvalue weighted by molar-refractivity contribution is -0.321. The average Bonchev–Trinajstić information content (AvgIpc) is 3.27. The van der Waals surface area contributed by atoms with E-state index < -0.39 is 128 Å². The van der Waals surface area contributed by atoms with E-state index in [4.69, 9.17) is 51.9 Å². The van der Waals surface area contributed by atoms with Crippen LogP contribution in [-0.2, 0) is 71.1 Å². The molecule has 3 aliphatic rings. The summed E-state index contributed by atoms with van der Waals surface area (Å²) in [6.07, 6.45) is -5.72. The van der Waals surface area contributed by atoms with Crippen LogP contribution in [0.25, 0.3) is 0 Å². The first-order valence-electron chi connectivity index (χ1n) is 26.0. The minimum atomic E-state index is -2.11. The van der Waals surface area contributed by atoms with Gasteiger partial charge in [0.15, 0.2) is 33.1 Å². The predicted octanol–water partition coefficient (Wildman–Crippen LogP) is 6.88. The molecule has 3 fully saturated rings. The van der Waals surface area contributed by atoms with Crippen LogP contribution in [-0.4, -0.2) is 172 Å². The van der Waals surface area contributed by atoms with Gasteiger partial charge in [0.05, 0.1) is 67.0 Å². The number of carbonyl (C=O) groups excluding carboxylic acids is 4. The number of cyclic esters (lactones) is 1. The van der Waals surface area contributed by atoms with Gasteiger partial charge >= 0.3 is 23.9 Å². The zero-order valence-electron chi connectivity index (χ0n) is 48.0. The molecule has 0 aliphatic carbocycles. The van der Waals surface area contributed by atoms with Gasteiger partial charge in [-0.15, -0.1) is 0 Å². The SMILES string of the molecule is CC[C@H]1OC(=O)[C@H](C)[C@@H](OC2C[C@@](C)(OC)[C@@H](OC(C)=O)[C@H](C)O2)[C@H](C)[C@@H](O[C@@H]2O[C@H](C)C[C@H](N(C)C)[C@H]2OC(C)=O)[C@](C)(OCC=CCO[Si](C)(C)C(C)(C)C)C[C@@H](C)C(=NOC(C)=O)[C@H](C)[C@@H](O)[C@]1(C)O. The third-order valence-corrected chi connectivity index (χ3v) is 20.2. The Hall–Kier alpha value is -2.89. The first-order valence-corrected chi connectivity index (χ1v) is 28.9. The summed E-state index contributed by atoms with van der Waals surface area (Å²) in [6, 6.07) is -0.347. The quantitative estimate of drug-likeness (QED) is 0.0401. The predicted molar refractivity (Wildman–Crippen MR) is 276 cm³/mol. The van der Waals surface area contributed by atoms with Crippen LogP contribution in [0.4, 0.5) is 0 Å². The third kappa shape index (κ3) is 16.6. The summed E-state index contributed by atoms with van der Waals surface area (Å²) in [5, 5.41) is 28.7. The van der Waals surface area contributed by atoms with Crippen LogP contribution in [0.3, 0.4) is 0 Å². The summed E-state index contributed by atoms with van der Waals surface area (Å²) in [5.41, 5.74) is -4.38. The molecule has 0 saturated carbocycles. The molecule has 0 radical (unpaired) electrons. The van der Waals surface area contributed by atoms with Gasteiger partial charge in [-0.3, -0.25) is 14.4 Å². The number of methoxy groups -OCH3 is 1. The zero-order chi connectivity index (χ0) is 55.8. The van der Waals surface area contributed by atoms with Gasteiger partial charge in [-0.2, -0.15) is 0 Å². The molecule has 19 nitrogen and oxygen atoms in total. The maximum atomic E-state index is 14.9. The van der Waals surface area contributed by atoms with Crippen molar-refractivity contribution < 1.29 is 81.3 Å². The van der Waals surface area contributed by atoms with Crippen LogP contribution in [0.1, 0.15) is 136 Å². The average molecular weight is 1060 g/mol. The molecule has 2 N–H and O–H groups in total. The molecule has 18 atom stereocenters. The van der Waals surface area contributed by atoms with Gasteiger partial charge < -0.3 is 67.0 Å². The van der Waals surface area contributed by atoms with Crippen molar-refractivity contribution in [2.24, 2.45) is 28.8 Å². The highest BCUT2D eigenvalue weighted by atomic mass is 28.4. The van der Waals surface area contributed by atoms with E-state index in [1.54, 1.807) is 34.6 Å². The zero-order valence-corrected chi connectivity index (χ0v) is 49.0. The second-order valence-electron chi connectivity index (χ2n) is 23.1. The van der Waals surface area contributed by atoms with E-state index in [-0.39, 0.29) is 48.8 Å². The van der Waals surface area contributed by atoms with Gasteiger partial charge in [-0.25, -0.2) is 4.79 Å². The highest BCUT2D eigenvalue weighted by Gasteiger charge is 2.55. The molecule has 0 spiro atoms. The molecule has 1 unspecified atom stereocenters. The lowest BCUT2D eigenvalue weighted by Gasteiger charge is -2.50. The van der Waals surface area contributed by atoms with Crippen molar-refractivity contribution >= 4 is 37.9 Å². The molecule has 3 heterocycles. The molecule has 3 aliphatic heterocycles. The molecule has 0 aromatic carbocycles. The number of oxime groups is 1. The molecule has 73 heavy (non-hydrogen) atoms. The van der Waals surface area contributed by atoms with Crippen LogP contribution < -0.4 is 0 Å². The van der Waals surface area contributed by atoms with Crippen LogP contribution in [0.5, 0.6) is 0 Å². The number of hydrogen-bond acceptors (Lipinski definition) is 19. The van der Waals surface area contributed by atoms with Crippen molar-refractivity contribution in [3.8, 4) is 0 Å². The summed E-state index contributed by atoms with van der Waals surface area (Å²) >= 11 is 0. The van der Waals surface area contributed by atoms with E-state index in [2.05, 4.69) is 39.0 Å². The Bertz CT molecular complexity index is 1890. The van der Waals surface area contributed by atoms with Gasteiger partial charge in [0.2, 0.25) is 0 Å². The summed E-state index contributed by atoms with van der Waals surface area (Å²) < 4.78 is 65.0. The Kier molecular flexibility index (Phi) is 23.3. The van der Waals surface area contributed by atoms with E-state index in [0.29, 0.717) is 13.0 Å². The van der Waals surface area contributed by atoms with E-state index in [9.17, 15) is 29.4 Å². The van der Waals surface area contributed by atoms with E-state index in [1.807, 2.05) is 58.8 Å². The molecule has 3 saturated heterocycles. The summed E-state index contributed by atoms with van der Waals surface area (Å²) in [4.78, 5) is 59.8. The van der Waals surface area contributed by atoms with Gasteiger partial charge in [0, 0.05) is 52.1 Å². The second-order valence-corrected chi connectivity index (χ2v) is 28.0. The standard InChI is InChI=1S/C53H94N2O17Si/c1-22-40-53(16,61)45(59)32(4)42(54-72-38(10)58)30(2)28-52(15,63-25-23-24-26-64-73(20,21)50(11,12)13)46(71-49-44(67-36(8)56)39(55(17)18)27-31(3)65-49)33(5)43(34(6)48(60)69-40)70-41-29-51(14,62-19)47(35(7)66-41)68-37(9)57/h23-24,30-35,39-41,43-47,49,59,61H,22,25-29H2,1-21H3/t30-,31-,32+,33+,34-,35+,39+,40-,41?,43+,44-,45-,46-,47+,49+,51-,52-,53-/m1/s1. The molecular formula is C53H94N2O17Si. The molecule has 0 bridgehead atoms. The third-order valence-electron chi connectivity index (χ3n) is 15.7. The number of aliphatic hydroxyl groups is 2. The molecule has 0 aromatic rings. The fourth-order valence-electron chi connectivity index (χ4n) is 10.4. The number of esters is 3. The number of carbonyl (C=O) groups is 4.